The minimum Gasteiger partial charge on any atom is -0.481 e. The second kappa shape index (κ2) is 5.84. The van der Waals surface area contributed by atoms with Crippen LogP contribution in [0.4, 0.5) is 0 Å². The number of likely N-dealkylation sites (tertiary alicyclic amines) is 1. The Morgan fingerprint density at radius 2 is 1.89 bits per heavy atom. The Labute approximate surface area is 111 Å². The SMILES string of the molecule is COC(=O)C1CN(Cc2ccccc2)C[C@H]1C(=O)O. The van der Waals surface area contributed by atoms with Gasteiger partial charge in [0, 0.05) is 19.6 Å². The Balaban J connectivity index is 2.05. The van der Waals surface area contributed by atoms with E-state index in [1.165, 1.54) is 7.11 Å². The third-order valence-electron chi connectivity index (χ3n) is 3.47. The summed E-state index contributed by atoms with van der Waals surface area (Å²) in [5, 5.41) is 9.18. The Hall–Kier alpha value is -1.88. The Bertz CT molecular complexity index is 460. The summed E-state index contributed by atoms with van der Waals surface area (Å²) >= 11 is 0. The highest BCUT2D eigenvalue weighted by atomic mass is 16.5. The number of rotatable bonds is 4. The molecule has 5 heteroatoms. The van der Waals surface area contributed by atoms with Crippen LogP contribution in [0.25, 0.3) is 0 Å². The normalized spacial score (nSPS) is 23.2. The second-order valence-electron chi connectivity index (χ2n) is 4.75. The molecule has 0 amide bonds. The van der Waals surface area contributed by atoms with Gasteiger partial charge in [-0.2, -0.15) is 0 Å². The minimum absolute atomic E-state index is 0.379. The van der Waals surface area contributed by atoms with Crippen LogP contribution in [0.5, 0.6) is 0 Å². The maximum atomic E-state index is 11.6. The molecule has 0 aromatic heterocycles. The molecule has 1 fully saturated rings. The van der Waals surface area contributed by atoms with E-state index in [1.54, 1.807) is 0 Å². The Morgan fingerprint density at radius 1 is 1.26 bits per heavy atom. The van der Waals surface area contributed by atoms with Crippen molar-refractivity contribution in [3.05, 3.63) is 35.9 Å². The molecule has 1 heterocycles. The van der Waals surface area contributed by atoms with Gasteiger partial charge >= 0.3 is 11.9 Å². The van der Waals surface area contributed by atoms with E-state index in [0.29, 0.717) is 19.6 Å². The molecule has 0 aliphatic carbocycles. The van der Waals surface area contributed by atoms with Crippen molar-refractivity contribution in [1.82, 2.24) is 4.90 Å². The maximum Gasteiger partial charge on any atom is 0.310 e. The van der Waals surface area contributed by atoms with Gasteiger partial charge in [0.05, 0.1) is 18.9 Å². The molecule has 0 saturated carbocycles. The highest BCUT2D eigenvalue weighted by molar-refractivity contribution is 5.82. The van der Waals surface area contributed by atoms with Gasteiger partial charge in [0.1, 0.15) is 0 Å². The van der Waals surface area contributed by atoms with Crippen molar-refractivity contribution in [2.75, 3.05) is 20.2 Å². The van der Waals surface area contributed by atoms with Crippen LogP contribution in [0.15, 0.2) is 30.3 Å². The number of nitrogens with zero attached hydrogens (tertiary/aromatic N) is 1. The number of carboxylic acid groups (broad SMARTS) is 1. The van der Waals surface area contributed by atoms with Crippen LogP contribution in [0, 0.1) is 11.8 Å². The van der Waals surface area contributed by atoms with Gasteiger partial charge in [0.2, 0.25) is 0 Å². The first-order chi connectivity index (χ1) is 9.11. The summed E-state index contributed by atoms with van der Waals surface area (Å²) in [6.45, 7) is 1.46. The number of ether oxygens (including phenoxy) is 1. The molecule has 0 bridgehead atoms. The third kappa shape index (κ3) is 3.12. The number of esters is 1. The monoisotopic (exact) mass is 263 g/mol. The topological polar surface area (TPSA) is 66.8 Å². The lowest BCUT2D eigenvalue weighted by atomic mass is 9.97. The van der Waals surface area contributed by atoms with Crippen LogP contribution in [0.2, 0.25) is 0 Å². The molecule has 0 radical (unpaired) electrons. The molecule has 1 aromatic carbocycles. The van der Waals surface area contributed by atoms with E-state index in [4.69, 9.17) is 0 Å². The lowest BCUT2D eigenvalue weighted by Gasteiger charge is -2.15. The largest absolute Gasteiger partial charge is 0.481 e. The molecular formula is C14H17NO4. The number of hydrogen-bond acceptors (Lipinski definition) is 4. The zero-order chi connectivity index (χ0) is 13.8. The molecule has 1 saturated heterocycles. The molecule has 102 valence electrons. The van der Waals surface area contributed by atoms with E-state index < -0.39 is 23.8 Å². The molecule has 1 aliphatic rings. The van der Waals surface area contributed by atoms with Gasteiger partial charge in [-0.1, -0.05) is 30.3 Å². The highest BCUT2D eigenvalue weighted by Gasteiger charge is 2.42. The molecule has 19 heavy (non-hydrogen) atoms. The van der Waals surface area contributed by atoms with Crippen molar-refractivity contribution in [3.8, 4) is 0 Å². The summed E-state index contributed by atoms with van der Waals surface area (Å²) < 4.78 is 4.68. The van der Waals surface area contributed by atoms with Crippen molar-refractivity contribution in [2.24, 2.45) is 11.8 Å². The van der Waals surface area contributed by atoms with Gasteiger partial charge in [-0.25, -0.2) is 0 Å². The number of carbonyl (C=O) groups is 2. The van der Waals surface area contributed by atoms with E-state index in [2.05, 4.69) is 4.74 Å². The molecule has 0 spiro atoms. The van der Waals surface area contributed by atoms with Crippen molar-refractivity contribution in [3.63, 3.8) is 0 Å². The fourth-order valence-corrected chi connectivity index (χ4v) is 2.50. The van der Waals surface area contributed by atoms with Crippen LogP contribution in [-0.4, -0.2) is 42.1 Å². The first-order valence-corrected chi connectivity index (χ1v) is 6.18. The van der Waals surface area contributed by atoms with Crippen LogP contribution in [0.1, 0.15) is 5.56 Å². The van der Waals surface area contributed by atoms with Crippen LogP contribution in [0.3, 0.4) is 0 Å². The minimum atomic E-state index is -0.939. The summed E-state index contributed by atoms with van der Waals surface area (Å²) in [5.74, 6) is -2.64. The highest BCUT2D eigenvalue weighted by Crippen LogP contribution is 2.26. The summed E-state index contributed by atoms with van der Waals surface area (Å²) in [7, 11) is 1.29. The van der Waals surface area contributed by atoms with E-state index in [-0.39, 0.29) is 0 Å². The first-order valence-electron chi connectivity index (χ1n) is 6.18. The third-order valence-corrected chi connectivity index (χ3v) is 3.47. The lowest BCUT2D eigenvalue weighted by molar-refractivity contribution is -0.153. The number of benzene rings is 1. The zero-order valence-corrected chi connectivity index (χ0v) is 10.8. The molecule has 2 atom stereocenters. The fraction of sp³-hybridized carbons (Fsp3) is 0.429. The van der Waals surface area contributed by atoms with Crippen LogP contribution < -0.4 is 0 Å². The number of methoxy groups -OCH3 is 1. The average molecular weight is 263 g/mol. The van der Waals surface area contributed by atoms with Gasteiger partial charge in [-0.15, -0.1) is 0 Å². The smallest absolute Gasteiger partial charge is 0.310 e. The van der Waals surface area contributed by atoms with Crippen LogP contribution >= 0.6 is 0 Å². The van der Waals surface area contributed by atoms with Crippen molar-refractivity contribution < 1.29 is 19.4 Å². The van der Waals surface area contributed by atoms with Crippen molar-refractivity contribution in [1.29, 1.82) is 0 Å². The van der Waals surface area contributed by atoms with Gasteiger partial charge in [0.15, 0.2) is 0 Å². The van der Waals surface area contributed by atoms with E-state index in [0.717, 1.165) is 5.56 Å². The van der Waals surface area contributed by atoms with Gasteiger partial charge < -0.3 is 9.84 Å². The predicted molar refractivity (Wildman–Crippen MR) is 68.4 cm³/mol. The Kier molecular flexibility index (Phi) is 4.16. The predicted octanol–water partition coefficient (Wildman–Crippen LogP) is 0.992. The molecule has 5 nitrogen and oxygen atoms in total. The Morgan fingerprint density at radius 3 is 2.47 bits per heavy atom. The standard InChI is InChI=1S/C14H17NO4/c1-19-14(18)12-9-15(8-11(12)13(16)17)7-10-5-3-2-4-6-10/h2-6,11-12H,7-9H2,1H3,(H,16,17)/t11-,12?/m1/s1. The number of aliphatic carboxylic acids is 1. The van der Waals surface area contributed by atoms with Crippen molar-refractivity contribution in [2.45, 2.75) is 6.54 Å². The summed E-state index contributed by atoms with van der Waals surface area (Å²) in [5.41, 5.74) is 1.11. The molecular weight excluding hydrogens is 246 g/mol. The van der Waals surface area contributed by atoms with Gasteiger partial charge in [-0.05, 0) is 5.56 Å². The number of carbonyl (C=O) groups excluding carboxylic acids is 1. The lowest BCUT2D eigenvalue weighted by Crippen LogP contribution is -2.29. The fourth-order valence-electron chi connectivity index (χ4n) is 2.50. The van der Waals surface area contributed by atoms with Crippen LogP contribution in [-0.2, 0) is 20.9 Å². The molecule has 1 aliphatic heterocycles. The van der Waals surface area contributed by atoms with Gasteiger partial charge in [0.25, 0.3) is 0 Å². The second-order valence-corrected chi connectivity index (χ2v) is 4.75. The summed E-state index contributed by atoms with van der Waals surface area (Å²) in [6.07, 6.45) is 0. The maximum absolute atomic E-state index is 11.6. The summed E-state index contributed by atoms with van der Waals surface area (Å²) in [4.78, 5) is 24.8. The summed E-state index contributed by atoms with van der Waals surface area (Å²) in [6, 6.07) is 9.79. The van der Waals surface area contributed by atoms with E-state index in [1.807, 2.05) is 35.2 Å². The molecule has 2 rings (SSSR count). The zero-order valence-electron chi connectivity index (χ0n) is 10.8. The van der Waals surface area contributed by atoms with E-state index in [9.17, 15) is 14.7 Å². The molecule has 1 unspecified atom stereocenters. The molecule has 1 N–H and O–H groups in total. The van der Waals surface area contributed by atoms with Crippen molar-refractivity contribution >= 4 is 11.9 Å². The number of hydrogen-bond donors (Lipinski definition) is 1. The van der Waals surface area contributed by atoms with E-state index >= 15 is 0 Å². The molecule has 1 aromatic rings. The first kappa shape index (κ1) is 13.5. The quantitative estimate of drug-likeness (QED) is 0.821. The van der Waals surface area contributed by atoms with Gasteiger partial charge in [-0.3, -0.25) is 14.5 Å². The average Bonchev–Trinajstić information content (AvgIpc) is 2.83. The number of carboxylic acids is 1.